The van der Waals surface area contributed by atoms with Crippen LogP contribution in [0.2, 0.25) is 5.02 Å². The molecule has 0 fully saturated rings. The van der Waals surface area contributed by atoms with Gasteiger partial charge in [-0.2, -0.15) is 0 Å². The molecule has 2 aromatic carbocycles. The first-order valence-electron chi connectivity index (χ1n) is 9.30. The summed E-state index contributed by atoms with van der Waals surface area (Å²) >= 11 is 7.52. The molecule has 0 spiro atoms. The lowest BCUT2D eigenvalue weighted by molar-refractivity contribution is 0.0982. The number of rotatable bonds is 5. The largest absolute Gasteiger partial charge is 0.279 e. The molecule has 158 valence electrons. The van der Waals surface area contributed by atoms with E-state index in [9.17, 15) is 13.2 Å². The number of carbonyl (C=O) groups excluding carboxylic acids is 1. The molecule has 2 aromatic heterocycles. The summed E-state index contributed by atoms with van der Waals surface area (Å²) in [4.78, 5) is 23.9. The summed E-state index contributed by atoms with van der Waals surface area (Å²) in [6, 6.07) is 13.5. The number of sulfone groups is 1. The third-order valence-electron chi connectivity index (χ3n) is 4.70. The van der Waals surface area contributed by atoms with Crippen molar-refractivity contribution < 1.29 is 13.2 Å². The first-order valence-corrected chi connectivity index (χ1v) is 12.4. The summed E-state index contributed by atoms with van der Waals surface area (Å²) in [6.45, 7) is 2.10. The first-order chi connectivity index (χ1) is 14.7. The highest BCUT2D eigenvalue weighted by Gasteiger charge is 2.26. The molecule has 0 radical (unpaired) electrons. The van der Waals surface area contributed by atoms with Gasteiger partial charge in [0.2, 0.25) is 0 Å². The zero-order valence-electron chi connectivity index (χ0n) is 16.7. The van der Waals surface area contributed by atoms with E-state index in [4.69, 9.17) is 11.6 Å². The number of halogens is 1. The van der Waals surface area contributed by atoms with E-state index >= 15 is 0 Å². The third kappa shape index (κ3) is 4.46. The molecule has 31 heavy (non-hydrogen) atoms. The molecule has 0 aliphatic carbocycles. The second-order valence-electron chi connectivity index (χ2n) is 7.09. The molecule has 1 amide bonds. The lowest BCUT2D eigenvalue weighted by Crippen LogP contribution is -2.31. The minimum absolute atomic E-state index is 0.0171. The van der Waals surface area contributed by atoms with Gasteiger partial charge in [0.05, 0.1) is 27.2 Å². The predicted molar refractivity (Wildman–Crippen MR) is 124 cm³/mol. The maximum atomic E-state index is 13.6. The minimum atomic E-state index is -3.60. The molecular weight excluding hydrogens is 454 g/mol. The van der Waals surface area contributed by atoms with Gasteiger partial charge < -0.3 is 0 Å². The van der Waals surface area contributed by atoms with E-state index < -0.39 is 15.7 Å². The number of thiazole rings is 1. The molecule has 9 heteroatoms. The number of aromatic nitrogens is 2. The van der Waals surface area contributed by atoms with Crippen molar-refractivity contribution in [3.05, 3.63) is 82.6 Å². The van der Waals surface area contributed by atoms with Crippen molar-refractivity contribution in [1.82, 2.24) is 9.97 Å². The van der Waals surface area contributed by atoms with E-state index in [1.54, 1.807) is 30.6 Å². The van der Waals surface area contributed by atoms with Crippen LogP contribution in [0.4, 0.5) is 5.13 Å². The molecule has 2 heterocycles. The molecule has 4 rings (SSSR count). The molecule has 4 aromatic rings. The summed E-state index contributed by atoms with van der Waals surface area (Å²) in [7, 11) is -3.60. The number of anilines is 1. The van der Waals surface area contributed by atoms with Crippen LogP contribution in [0.1, 0.15) is 21.5 Å². The number of hydrogen-bond acceptors (Lipinski definition) is 6. The zero-order chi connectivity index (χ0) is 22.2. The van der Waals surface area contributed by atoms with Crippen LogP contribution in [0.25, 0.3) is 10.2 Å². The fourth-order valence-electron chi connectivity index (χ4n) is 3.27. The molecule has 0 saturated heterocycles. The molecule has 0 atom stereocenters. The fraction of sp³-hybridized carbons (Fsp3) is 0.136. The van der Waals surface area contributed by atoms with E-state index in [0.717, 1.165) is 27.6 Å². The predicted octanol–water partition coefficient (Wildman–Crippen LogP) is 4.90. The molecule has 0 saturated carbocycles. The maximum Gasteiger partial charge on any atom is 0.261 e. The van der Waals surface area contributed by atoms with Crippen LogP contribution in [-0.4, -0.2) is 30.5 Å². The Morgan fingerprint density at radius 2 is 1.94 bits per heavy atom. The number of hydrogen-bond donors (Lipinski definition) is 0. The Balaban J connectivity index is 1.87. The van der Waals surface area contributed by atoms with Crippen LogP contribution >= 0.6 is 22.9 Å². The van der Waals surface area contributed by atoms with Gasteiger partial charge in [0, 0.05) is 23.7 Å². The normalized spacial score (nSPS) is 11.6. The summed E-state index contributed by atoms with van der Waals surface area (Å²) in [5.74, 6) is -0.451. The molecule has 0 bridgehead atoms. The van der Waals surface area contributed by atoms with Gasteiger partial charge in [0.1, 0.15) is 0 Å². The maximum absolute atomic E-state index is 13.6. The van der Waals surface area contributed by atoms with Gasteiger partial charge in [-0.1, -0.05) is 41.1 Å². The second-order valence-corrected chi connectivity index (χ2v) is 10.5. The van der Waals surface area contributed by atoms with Crippen molar-refractivity contribution in [2.75, 3.05) is 11.2 Å². The van der Waals surface area contributed by atoms with Crippen LogP contribution in [0, 0.1) is 6.92 Å². The number of carbonyl (C=O) groups is 1. The summed E-state index contributed by atoms with van der Waals surface area (Å²) in [6.07, 6.45) is 4.41. The average molecular weight is 472 g/mol. The van der Waals surface area contributed by atoms with E-state index in [1.165, 1.54) is 28.4 Å². The SMILES string of the molecule is Cc1cc(Cl)cc2sc(N(Cc3cccnc3)C(=O)c3ccccc3S(C)(=O)=O)nc12. The van der Waals surface area contributed by atoms with Crippen molar-refractivity contribution in [3.8, 4) is 0 Å². The van der Waals surface area contributed by atoms with E-state index in [2.05, 4.69) is 9.97 Å². The van der Waals surface area contributed by atoms with E-state index in [-0.39, 0.29) is 17.0 Å². The molecule has 0 N–H and O–H groups in total. The summed E-state index contributed by atoms with van der Waals surface area (Å²) < 4.78 is 25.4. The molecule has 0 aliphatic heterocycles. The van der Waals surface area contributed by atoms with Gasteiger partial charge >= 0.3 is 0 Å². The van der Waals surface area contributed by atoms with Gasteiger partial charge in [-0.15, -0.1) is 0 Å². The average Bonchev–Trinajstić information content (AvgIpc) is 3.16. The van der Waals surface area contributed by atoms with Crippen LogP contribution in [-0.2, 0) is 16.4 Å². The summed E-state index contributed by atoms with van der Waals surface area (Å²) in [5.41, 5.74) is 2.55. The summed E-state index contributed by atoms with van der Waals surface area (Å²) in [5, 5.41) is 1.05. The lowest BCUT2D eigenvalue weighted by Gasteiger charge is -2.21. The highest BCUT2D eigenvalue weighted by Crippen LogP contribution is 2.34. The number of pyridine rings is 1. The van der Waals surface area contributed by atoms with Crippen LogP contribution in [0.3, 0.4) is 0 Å². The Bertz CT molecular complexity index is 1390. The highest BCUT2D eigenvalue weighted by molar-refractivity contribution is 7.90. The molecule has 6 nitrogen and oxygen atoms in total. The zero-order valence-corrected chi connectivity index (χ0v) is 19.1. The Morgan fingerprint density at radius 1 is 1.16 bits per heavy atom. The Kier molecular flexibility index (Phi) is 5.79. The van der Waals surface area contributed by atoms with Gasteiger partial charge in [-0.3, -0.25) is 14.7 Å². The number of benzene rings is 2. The quantitative estimate of drug-likeness (QED) is 0.413. The first kappa shape index (κ1) is 21.4. The fourth-order valence-corrected chi connectivity index (χ4v) is 5.57. The Hall–Kier alpha value is -2.81. The van der Waals surface area contributed by atoms with Crippen molar-refractivity contribution in [1.29, 1.82) is 0 Å². The number of aryl methyl sites for hydroxylation is 1. The van der Waals surface area contributed by atoms with Crippen LogP contribution in [0.15, 0.2) is 65.8 Å². The van der Waals surface area contributed by atoms with E-state index in [1.807, 2.05) is 25.1 Å². The highest BCUT2D eigenvalue weighted by atomic mass is 35.5. The van der Waals surface area contributed by atoms with Crippen LogP contribution in [0.5, 0.6) is 0 Å². The lowest BCUT2D eigenvalue weighted by atomic mass is 10.2. The van der Waals surface area contributed by atoms with Crippen molar-refractivity contribution in [2.45, 2.75) is 18.4 Å². The van der Waals surface area contributed by atoms with Crippen LogP contribution < -0.4 is 4.90 Å². The molecule has 0 unspecified atom stereocenters. The number of nitrogens with zero attached hydrogens (tertiary/aromatic N) is 3. The van der Waals surface area contributed by atoms with Gasteiger partial charge in [-0.05, 0) is 48.4 Å². The van der Waals surface area contributed by atoms with Gasteiger partial charge in [0.15, 0.2) is 15.0 Å². The van der Waals surface area contributed by atoms with Gasteiger partial charge in [-0.25, -0.2) is 13.4 Å². The van der Waals surface area contributed by atoms with Crippen molar-refractivity contribution in [2.24, 2.45) is 0 Å². The monoisotopic (exact) mass is 471 g/mol. The topological polar surface area (TPSA) is 80.2 Å². The standard InChI is InChI=1S/C22H18ClN3O3S2/c1-14-10-16(23)11-18-20(14)25-22(30-18)26(13-15-6-5-9-24-12-15)21(27)17-7-3-4-8-19(17)31(2,28)29/h3-12H,13H2,1-2H3. The van der Waals surface area contributed by atoms with Crippen molar-refractivity contribution >= 4 is 54.0 Å². The Labute approximate surface area is 189 Å². The number of amides is 1. The number of fused-ring (bicyclic) bond motifs is 1. The van der Waals surface area contributed by atoms with Crippen molar-refractivity contribution in [3.63, 3.8) is 0 Å². The molecule has 0 aliphatic rings. The third-order valence-corrected chi connectivity index (χ3v) is 7.09. The molecular formula is C22H18ClN3O3S2. The van der Waals surface area contributed by atoms with Gasteiger partial charge in [0.25, 0.3) is 5.91 Å². The smallest absolute Gasteiger partial charge is 0.261 e. The van der Waals surface area contributed by atoms with E-state index in [0.29, 0.717) is 10.2 Å². The minimum Gasteiger partial charge on any atom is -0.279 e. The Morgan fingerprint density at radius 3 is 2.65 bits per heavy atom. The second kappa shape index (κ2) is 8.37.